The second kappa shape index (κ2) is 1.83. The molecule has 0 radical (unpaired) electrons. The molecule has 0 unspecified atom stereocenters. The Balaban J connectivity index is 2.23. The summed E-state index contributed by atoms with van der Waals surface area (Å²) in [6, 6.07) is 0. The Morgan fingerprint density at radius 3 is 3.00 bits per heavy atom. The van der Waals surface area contributed by atoms with Crippen molar-refractivity contribution in [2.75, 3.05) is 5.73 Å². The Kier molecular flexibility index (Phi) is 0.930. The number of aromatic nitrogens is 1. The van der Waals surface area contributed by atoms with Gasteiger partial charge >= 0.3 is 0 Å². The number of hydrogen-bond acceptors (Lipinski definition) is 4. The predicted octanol–water partition coefficient (Wildman–Crippen LogP) is 1.88. The molecule has 0 saturated heterocycles. The van der Waals surface area contributed by atoms with Crippen LogP contribution in [0.2, 0.25) is 0 Å². The quantitative estimate of drug-likeness (QED) is 0.698. The summed E-state index contributed by atoms with van der Waals surface area (Å²) in [7, 11) is 0. The van der Waals surface area contributed by atoms with Crippen molar-refractivity contribution in [3.8, 4) is 0 Å². The smallest absolute Gasteiger partial charge is 0.220 e. The minimum atomic E-state index is 0.348. The third-order valence-corrected chi connectivity index (χ3v) is 2.12. The third-order valence-electron chi connectivity index (χ3n) is 2.12. The maximum absolute atomic E-state index is 5.52. The van der Waals surface area contributed by atoms with Crippen molar-refractivity contribution in [2.45, 2.75) is 18.8 Å². The van der Waals surface area contributed by atoms with Gasteiger partial charge in [-0.25, -0.2) is 4.98 Å². The van der Waals surface area contributed by atoms with Crippen LogP contribution in [0, 0.1) is 0 Å². The predicted molar refractivity (Wildman–Crippen MR) is 42.7 cm³/mol. The van der Waals surface area contributed by atoms with Crippen molar-refractivity contribution in [3.05, 3.63) is 12.2 Å². The van der Waals surface area contributed by atoms with E-state index in [0.717, 1.165) is 5.89 Å². The Hall–Kier alpha value is -1.45. The molecule has 12 heavy (non-hydrogen) atoms. The molecule has 1 saturated carbocycles. The fourth-order valence-corrected chi connectivity index (χ4v) is 1.28. The van der Waals surface area contributed by atoms with Crippen molar-refractivity contribution in [3.63, 3.8) is 0 Å². The Morgan fingerprint density at radius 1 is 1.50 bits per heavy atom. The van der Waals surface area contributed by atoms with Crippen LogP contribution in [0.15, 0.2) is 15.1 Å². The van der Waals surface area contributed by atoms with Crippen LogP contribution in [0.3, 0.4) is 0 Å². The lowest BCUT2D eigenvalue weighted by Crippen LogP contribution is -1.82. The molecular weight excluding hydrogens is 156 g/mol. The van der Waals surface area contributed by atoms with Gasteiger partial charge in [-0.15, -0.1) is 0 Å². The highest BCUT2D eigenvalue weighted by molar-refractivity contribution is 5.82. The number of fused-ring (bicyclic) bond motifs is 1. The molecule has 2 heterocycles. The van der Waals surface area contributed by atoms with Crippen LogP contribution in [-0.4, -0.2) is 4.98 Å². The molecule has 0 aliphatic heterocycles. The van der Waals surface area contributed by atoms with Gasteiger partial charge in [0.2, 0.25) is 5.88 Å². The number of oxazole rings is 1. The number of anilines is 1. The minimum Gasteiger partial charge on any atom is -0.443 e. The number of hydrogen-bond donors (Lipinski definition) is 1. The van der Waals surface area contributed by atoms with E-state index in [1.807, 2.05) is 0 Å². The molecule has 62 valence electrons. The van der Waals surface area contributed by atoms with Gasteiger partial charge in [0.05, 0.1) is 0 Å². The lowest BCUT2D eigenvalue weighted by Gasteiger charge is -1.84. The van der Waals surface area contributed by atoms with E-state index in [0.29, 0.717) is 22.9 Å². The molecule has 0 bridgehead atoms. The summed E-state index contributed by atoms with van der Waals surface area (Å²) in [5, 5.41) is 0. The highest BCUT2D eigenvalue weighted by atomic mass is 16.4. The molecule has 3 rings (SSSR count). The van der Waals surface area contributed by atoms with Crippen LogP contribution in [0.1, 0.15) is 24.7 Å². The summed E-state index contributed by atoms with van der Waals surface area (Å²) in [5.74, 6) is 1.68. The first kappa shape index (κ1) is 6.11. The SMILES string of the molecule is Nc1occ2oc(C3CC3)nc12. The number of nitrogens with two attached hydrogens (primary N) is 1. The minimum absolute atomic E-state index is 0.348. The van der Waals surface area contributed by atoms with Gasteiger partial charge in [-0.3, -0.25) is 0 Å². The summed E-state index contributed by atoms with van der Waals surface area (Å²) in [5.41, 5.74) is 6.85. The number of rotatable bonds is 1. The second-order valence-electron chi connectivity index (χ2n) is 3.14. The zero-order chi connectivity index (χ0) is 8.13. The van der Waals surface area contributed by atoms with Gasteiger partial charge < -0.3 is 14.6 Å². The fraction of sp³-hybridized carbons (Fsp3) is 0.375. The van der Waals surface area contributed by atoms with E-state index in [9.17, 15) is 0 Å². The van der Waals surface area contributed by atoms with E-state index in [1.165, 1.54) is 19.1 Å². The molecule has 0 amide bonds. The van der Waals surface area contributed by atoms with E-state index in [4.69, 9.17) is 14.6 Å². The molecule has 0 atom stereocenters. The van der Waals surface area contributed by atoms with Crippen molar-refractivity contribution in [1.82, 2.24) is 4.98 Å². The van der Waals surface area contributed by atoms with Gasteiger partial charge in [0, 0.05) is 5.92 Å². The van der Waals surface area contributed by atoms with Gasteiger partial charge in [0.25, 0.3) is 0 Å². The Labute approximate surface area is 68.4 Å². The molecule has 2 aromatic rings. The molecule has 1 fully saturated rings. The van der Waals surface area contributed by atoms with Gasteiger partial charge in [-0.05, 0) is 12.8 Å². The van der Waals surface area contributed by atoms with Crippen molar-refractivity contribution >= 4 is 17.0 Å². The van der Waals surface area contributed by atoms with Crippen LogP contribution in [0.4, 0.5) is 5.88 Å². The van der Waals surface area contributed by atoms with E-state index in [1.54, 1.807) is 0 Å². The molecule has 0 spiro atoms. The van der Waals surface area contributed by atoms with E-state index in [-0.39, 0.29) is 0 Å². The summed E-state index contributed by atoms with van der Waals surface area (Å²) >= 11 is 0. The highest BCUT2D eigenvalue weighted by Crippen LogP contribution is 2.41. The first-order valence-electron chi connectivity index (χ1n) is 3.98. The molecular formula is C8H8N2O2. The lowest BCUT2D eigenvalue weighted by atomic mass is 10.4. The summed E-state index contributed by atoms with van der Waals surface area (Å²) in [6.45, 7) is 0. The van der Waals surface area contributed by atoms with Crippen molar-refractivity contribution in [1.29, 1.82) is 0 Å². The zero-order valence-electron chi connectivity index (χ0n) is 6.41. The number of nitrogens with zero attached hydrogens (tertiary/aromatic N) is 1. The van der Waals surface area contributed by atoms with E-state index in [2.05, 4.69) is 4.98 Å². The largest absolute Gasteiger partial charge is 0.443 e. The maximum atomic E-state index is 5.52. The van der Waals surface area contributed by atoms with Crippen molar-refractivity contribution in [2.24, 2.45) is 0 Å². The Bertz CT molecular complexity index is 425. The molecule has 1 aliphatic carbocycles. The van der Waals surface area contributed by atoms with Crippen LogP contribution >= 0.6 is 0 Å². The van der Waals surface area contributed by atoms with E-state index < -0.39 is 0 Å². The van der Waals surface area contributed by atoms with Crippen molar-refractivity contribution < 1.29 is 8.83 Å². The average Bonchev–Trinajstić information content (AvgIpc) is 2.73. The molecule has 4 heteroatoms. The van der Waals surface area contributed by atoms with Crippen LogP contribution in [-0.2, 0) is 0 Å². The van der Waals surface area contributed by atoms with E-state index >= 15 is 0 Å². The van der Waals surface area contributed by atoms with Gasteiger partial charge in [-0.2, -0.15) is 0 Å². The summed E-state index contributed by atoms with van der Waals surface area (Å²) < 4.78 is 10.4. The number of nitrogen functional groups attached to an aromatic ring is 1. The Morgan fingerprint density at radius 2 is 2.33 bits per heavy atom. The van der Waals surface area contributed by atoms with Crippen LogP contribution < -0.4 is 5.73 Å². The van der Waals surface area contributed by atoms with Gasteiger partial charge in [0.15, 0.2) is 17.0 Å². The fourth-order valence-electron chi connectivity index (χ4n) is 1.28. The highest BCUT2D eigenvalue weighted by Gasteiger charge is 2.29. The molecule has 0 aromatic carbocycles. The zero-order valence-corrected chi connectivity index (χ0v) is 6.41. The molecule has 2 aromatic heterocycles. The normalized spacial score (nSPS) is 17.3. The summed E-state index contributed by atoms with van der Waals surface area (Å²) in [4.78, 5) is 4.25. The molecule has 4 nitrogen and oxygen atoms in total. The first-order chi connectivity index (χ1) is 5.84. The van der Waals surface area contributed by atoms with Crippen LogP contribution in [0.25, 0.3) is 11.1 Å². The maximum Gasteiger partial charge on any atom is 0.220 e. The third kappa shape index (κ3) is 0.691. The average molecular weight is 164 g/mol. The van der Waals surface area contributed by atoms with Gasteiger partial charge in [-0.1, -0.05) is 0 Å². The van der Waals surface area contributed by atoms with Crippen LogP contribution in [0.5, 0.6) is 0 Å². The molecule has 1 aliphatic rings. The van der Waals surface area contributed by atoms with Gasteiger partial charge in [0.1, 0.15) is 6.26 Å². The standard InChI is InChI=1S/C8H8N2O2/c9-7-6-5(3-11-7)12-8(10-6)4-1-2-4/h3-4H,1-2,9H2. The number of furan rings is 1. The summed E-state index contributed by atoms with van der Waals surface area (Å²) in [6.07, 6.45) is 3.86. The first-order valence-corrected chi connectivity index (χ1v) is 3.98. The lowest BCUT2D eigenvalue weighted by molar-refractivity contribution is 0.513. The monoisotopic (exact) mass is 164 g/mol. The molecule has 2 N–H and O–H groups in total. The topological polar surface area (TPSA) is 65.2 Å². The second-order valence-corrected chi connectivity index (χ2v) is 3.14.